The van der Waals surface area contributed by atoms with Crippen LogP contribution >= 0.6 is 11.3 Å². The van der Waals surface area contributed by atoms with Crippen molar-refractivity contribution >= 4 is 29.4 Å². The van der Waals surface area contributed by atoms with Crippen LogP contribution in [0.25, 0.3) is 17.4 Å². The number of furan rings is 1. The first-order chi connectivity index (χ1) is 18.7. The molecule has 0 bridgehead atoms. The van der Waals surface area contributed by atoms with Crippen molar-refractivity contribution < 1.29 is 28.2 Å². The van der Waals surface area contributed by atoms with Crippen LogP contribution in [0.1, 0.15) is 47.1 Å². The summed E-state index contributed by atoms with van der Waals surface area (Å²) in [5.74, 6) is -1.23. The number of carbonyl (C=O) groups is 2. The van der Waals surface area contributed by atoms with Crippen molar-refractivity contribution in [2.45, 2.75) is 26.8 Å². The van der Waals surface area contributed by atoms with E-state index < -0.39 is 29.4 Å². The average Bonchev–Trinajstić information content (AvgIpc) is 3.48. The molecule has 2 aromatic heterocycles. The number of thiazole rings is 1. The van der Waals surface area contributed by atoms with Gasteiger partial charge < -0.3 is 14.3 Å². The second kappa shape index (κ2) is 10.3. The summed E-state index contributed by atoms with van der Waals surface area (Å²) in [5.41, 5.74) is 2.11. The fourth-order valence-corrected chi connectivity index (χ4v) is 5.62. The van der Waals surface area contributed by atoms with Gasteiger partial charge in [0.1, 0.15) is 17.3 Å². The highest BCUT2D eigenvalue weighted by Gasteiger charge is 2.33. The van der Waals surface area contributed by atoms with Crippen molar-refractivity contribution in [3.05, 3.63) is 114 Å². The SMILES string of the molecule is CCOC(=O)C1=C(C)N=c2s/c(=C/c3ccc(-c4cccc(C(=O)O)c4C)o3)c(=O)n2C1c1ccc(F)cc1. The van der Waals surface area contributed by atoms with E-state index in [0.29, 0.717) is 43.2 Å². The maximum Gasteiger partial charge on any atom is 0.338 e. The van der Waals surface area contributed by atoms with Crippen molar-refractivity contribution in [3.63, 3.8) is 0 Å². The molecule has 1 N–H and O–H groups in total. The van der Waals surface area contributed by atoms with E-state index in [1.54, 1.807) is 51.1 Å². The van der Waals surface area contributed by atoms with Crippen LogP contribution in [0.15, 0.2) is 80.1 Å². The van der Waals surface area contributed by atoms with Crippen LogP contribution in [0.3, 0.4) is 0 Å². The number of hydrogen-bond acceptors (Lipinski definition) is 7. The molecule has 2 aromatic carbocycles. The molecule has 1 aliphatic heterocycles. The molecule has 0 aliphatic carbocycles. The van der Waals surface area contributed by atoms with Crippen molar-refractivity contribution in [2.24, 2.45) is 4.99 Å². The lowest BCUT2D eigenvalue weighted by Crippen LogP contribution is -2.39. The molecule has 1 atom stereocenters. The lowest BCUT2D eigenvalue weighted by Gasteiger charge is -2.24. The van der Waals surface area contributed by atoms with E-state index in [-0.39, 0.29) is 17.7 Å². The summed E-state index contributed by atoms with van der Waals surface area (Å²) in [5, 5.41) is 9.43. The number of ether oxygens (including phenoxy) is 1. The first kappa shape index (κ1) is 26.1. The molecule has 0 saturated carbocycles. The Balaban J connectivity index is 1.63. The molecule has 0 radical (unpaired) electrons. The Morgan fingerprint density at radius 3 is 2.59 bits per heavy atom. The smallest absolute Gasteiger partial charge is 0.338 e. The third-order valence-corrected chi connectivity index (χ3v) is 7.42. The molecule has 1 aliphatic rings. The third kappa shape index (κ3) is 4.74. The minimum absolute atomic E-state index is 0.145. The van der Waals surface area contributed by atoms with Crippen molar-refractivity contribution in [1.82, 2.24) is 4.57 Å². The minimum atomic E-state index is -1.03. The fraction of sp³-hybridized carbons (Fsp3) is 0.172. The fourth-order valence-electron chi connectivity index (χ4n) is 4.59. The first-order valence-corrected chi connectivity index (χ1v) is 12.9. The summed E-state index contributed by atoms with van der Waals surface area (Å²) < 4.78 is 26.7. The molecule has 39 heavy (non-hydrogen) atoms. The molecule has 0 saturated heterocycles. The number of carbonyl (C=O) groups excluding carboxylic acids is 1. The van der Waals surface area contributed by atoms with E-state index in [1.807, 2.05) is 0 Å². The number of aromatic nitrogens is 1. The number of benzene rings is 2. The summed E-state index contributed by atoms with van der Waals surface area (Å²) in [6, 6.07) is 13.1. The maximum absolute atomic E-state index is 13.7. The molecule has 4 aromatic rings. The predicted octanol–water partition coefficient (Wildman–Crippen LogP) is 4.20. The van der Waals surface area contributed by atoms with Gasteiger partial charge in [-0.15, -0.1) is 0 Å². The number of halogens is 1. The van der Waals surface area contributed by atoms with Gasteiger partial charge in [-0.2, -0.15) is 0 Å². The second-order valence-corrected chi connectivity index (χ2v) is 9.85. The number of carboxylic acids is 1. The van der Waals surface area contributed by atoms with Crippen LogP contribution in [0, 0.1) is 12.7 Å². The third-order valence-electron chi connectivity index (χ3n) is 6.43. The Hall–Kier alpha value is -4.57. The number of allylic oxidation sites excluding steroid dienone is 1. The molecule has 1 unspecified atom stereocenters. The predicted molar refractivity (Wildman–Crippen MR) is 143 cm³/mol. The number of hydrogen-bond donors (Lipinski definition) is 1. The molecule has 0 spiro atoms. The van der Waals surface area contributed by atoms with E-state index in [0.717, 1.165) is 11.3 Å². The van der Waals surface area contributed by atoms with E-state index in [9.17, 15) is 23.9 Å². The molecular formula is C29H23FN2O6S. The molecule has 0 amide bonds. The van der Waals surface area contributed by atoms with Gasteiger partial charge in [-0.05, 0) is 62.2 Å². The summed E-state index contributed by atoms with van der Waals surface area (Å²) in [7, 11) is 0. The minimum Gasteiger partial charge on any atom is -0.478 e. The normalized spacial score (nSPS) is 15.2. The van der Waals surface area contributed by atoms with Gasteiger partial charge in [0.2, 0.25) is 0 Å². The second-order valence-electron chi connectivity index (χ2n) is 8.84. The Labute approximate surface area is 225 Å². The Morgan fingerprint density at radius 2 is 1.90 bits per heavy atom. The van der Waals surface area contributed by atoms with Crippen LogP contribution in [0.5, 0.6) is 0 Å². The van der Waals surface area contributed by atoms with Crippen LogP contribution in [-0.2, 0) is 9.53 Å². The number of nitrogens with zero attached hydrogens (tertiary/aromatic N) is 2. The summed E-state index contributed by atoms with van der Waals surface area (Å²) in [6.45, 7) is 5.21. The molecule has 0 fully saturated rings. The van der Waals surface area contributed by atoms with Gasteiger partial charge in [-0.25, -0.2) is 19.0 Å². The zero-order valence-corrected chi connectivity index (χ0v) is 22.0. The van der Waals surface area contributed by atoms with Gasteiger partial charge in [0, 0.05) is 11.6 Å². The van der Waals surface area contributed by atoms with E-state index >= 15 is 0 Å². The highest BCUT2D eigenvalue weighted by molar-refractivity contribution is 7.07. The number of aromatic carboxylic acids is 1. The molecule has 198 valence electrons. The topological polar surface area (TPSA) is 111 Å². The number of rotatable bonds is 6. The van der Waals surface area contributed by atoms with Gasteiger partial charge in [-0.3, -0.25) is 9.36 Å². The molecule has 3 heterocycles. The van der Waals surface area contributed by atoms with Gasteiger partial charge in [0.15, 0.2) is 4.80 Å². The standard InChI is InChI=1S/C29H23FN2O6S/c1-4-37-28(36)24-16(3)31-29-32(25(24)17-8-10-18(30)11-9-17)26(33)23(39-29)14-19-12-13-22(38-19)20-6-5-7-21(15(20)2)27(34)35/h5-14,25H,4H2,1-3H3,(H,34,35)/b23-14+. The van der Waals surface area contributed by atoms with Crippen molar-refractivity contribution in [1.29, 1.82) is 0 Å². The lowest BCUT2D eigenvalue weighted by atomic mass is 9.96. The lowest BCUT2D eigenvalue weighted by molar-refractivity contribution is -0.139. The Kier molecular flexibility index (Phi) is 6.88. The van der Waals surface area contributed by atoms with Gasteiger partial charge in [0.25, 0.3) is 5.56 Å². The number of esters is 1. The zero-order chi connectivity index (χ0) is 27.8. The van der Waals surface area contributed by atoms with Gasteiger partial charge in [-0.1, -0.05) is 35.6 Å². The average molecular weight is 547 g/mol. The Bertz CT molecular complexity index is 1830. The summed E-state index contributed by atoms with van der Waals surface area (Å²) in [6.07, 6.45) is 1.58. The van der Waals surface area contributed by atoms with Gasteiger partial charge >= 0.3 is 11.9 Å². The number of carboxylic acid groups (broad SMARTS) is 1. The van der Waals surface area contributed by atoms with Gasteiger partial charge in [0.05, 0.1) is 34.0 Å². The molecular weight excluding hydrogens is 523 g/mol. The van der Waals surface area contributed by atoms with Crippen LogP contribution < -0.4 is 14.9 Å². The molecule has 8 nitrogen and oxygen atoms in total. The van der Waals surface area contributed by atoms with E-state index in [1.165, 1.54) is 34.9 Å². The highest BCUT2D eigenvalue weighted by Crippen LogP contribution is 2.31. The molecule has 5 rings (SSSR count). The van der Waals surface area contributed by atoms with Crippen molar-refractivity contribution in [3.8, 4) is 11.3 Å². The largest absolute Gasteiger partial charge is 0.478 e. The van der Waals surface area contributed by atoms with Crippen LogP contribution in [0.2, 0.25) is 0 Å². The summed E-state index contributed by atoms with van der Waals surface area (Å²) in [4.78, 5) is 43.0. The quantitative estimate of drug-likeness (QED) is 0.363. The number of fused-ring (bicyclic) bond motifs is 1. The molecule has 10 heteroatoms. The Morgan fingerprint density at radius 1 is 1.15 bits per heavy atom. The van der Waals surface area contributed by atoms with E-state index in [2.05, 4.69) is 4.99 Å². The van der Waals surface area contributed by atoms with Crippen LogP contribution in [0.4, 0.5) is 4.39 Å². The highest BCUT2D eigenvalue weighted by atomic mass is 32.1. The van der Waals surface area contributed by atoms with Crippen LogP contribution in [-0.4, -0.2) is 28.2 Å². The maximum atomic E-state index is 13.7. The van der Waals surface area contributed by atoms with E-state index in [4.69, 9.17) is 9.15 Å². The van der Waals surface area contributed by atoms with Crippen molar-refractivity contribution in [2.75, 3.05) is 6.61 Å². The first-order valence-electron chi connectivity index (χ1n) is 12.1. The zero-order valence-electron chi connectivity index (χ0n) is 21.2. The summed E-state index contributed by atoms with van der Waals surface area (Å²) >= 11 is 1.13. The monoisotopic (exact) mass is 546 g/mol.